The quantitative estimate of drug-likeness (QED) is 0.616. The van der Waals surface area contributed by atoms with Crippen molar-refractivity contribution in [1.82, 2.24) is 19.5 Å². The van der Waals surface area contributed by atoms with E-state index in [-0.39, 0.29) is 5.69 Å². The van der Waals surface area contributed by atoms with Gasteiger partial charge >= 0.3 is 5.97 Å². The van der Waals surface area contributed by atoms with E-state index in [9.17, 15) is 4.79 Å². The van der Waals surface area contributed by atoms with Crippen LogP contribution in [0, 0.1) is 0 Å². The van der Waals surface area contributed by atoms with Gasteiger partial charge in [0.1, 0.15) is 5.82 Å². The second-order valence-corrected chi connectivity index (χ2v) is 3.86. The van der Waals surface area contributed by atoms with Crippen molar-refractivity contribution in [1.29, 1.82) is 0 Å². The Hall–Kier alpha value is -2.44. The number of rotatable bonds is 6. The highest BCUT2D eigenvalue weighted by Crippen LogP contribution is 2.02. The largest absolute Gasteiger partial charge is 0.464 e. The molecule has 0 aliphatic carbocycles. The third-order valence-corrected chi connectivity index (χ3v) is 2.50. The summed E-state index contributed by atoms with van der Waals surface area (Å²) in [6, 6.07) is 0. The minimum absolute atomic E-state index is 0.200. The van der Waals surface area contributed by atoms with Gasteiger partial charge in [-0.2, -0.15) is 0 Å². The Morgan fingerprint density at radius 1 is 1.42 bits per heavy atom. The highest BCUT2D eigenvalue weighted by molar-refractivity contribution is 5.86. The minimum atomic E-state index is -0.487. The monoisotopic (exact) mass is 261 g/mol. The third kappa shape index (κ3) is 3.77. The van der Waals surface area contributed by atoms with E-state index in [2.05, 4.69) is 25.0 Å². The van der Waals surface area contributed by atoms with E-state index in [1.807, 2.05) is 10.8 Å². The fourth-order valence-corrected chi connectivity index (χ4v) is 1.53. The maximum atomic E-state index is 11.2. The number of nitrogens with one attached hydrogen (secondary N) is 1. The summed E-state index contributed by atoms with van der Waals surface area (Å²) >= 11 is 0. The minimum Gasteiger partial charge on any atom is -0.464 e. The number of anilines is 1. The molecule has 0 unspecified atom stereocenters. The molecule has 0 atom stereocenters. The van der Waals surface area contributed by atoms with Crippen molar-refractivity contribution in [2.75, 3.05) is 19.0 Å². The lowest BCUT2D eigenvalue weighted by Gasteiger charge is -2.06. The molecule has 0 spiro atoms. The van der Waals surface area contributed by atoms with Gasteiger partial charge in [-0.25, -0.2) is 19.7 Å². The molecular formula is C12H15N5O2. The second-order valence-electron chi connectivity index (χ2n) is 3.86. The summed E-state index contributed by atoms with van der Waals surface area (Å²) in [5.41, 5.74) is 0.200. The lowest BCUT2D eigenvalue weighted by molar-refractivity contribution is 0.0593. The molecule has 2 rings (SSSR count). The lowest BCUT2D eigenvalue weighted by Crippen LogP contribution is -2.09. The first-order chi connectivity index (χ1) is 9.29. The summed E-state index contributed by atoms with van der Waals surface area (Å²) in [5, 5.41) is 3.13. The van der Waals surface area contributed by atoms with Crippen LogP contribution in [-0.2, 0) is 11.3 Å². The van der Waals surface area contributed by atoms with E-state index in [0.29, 0.717) is 5.82 Å². The van der Waals surface area contributed by atoms with Crippen LogP contribution in [-0.4, -0.2) is 39.1 Å². The average molecular weight is 261 g/mol. The number of methoxy groups -OCH3 is 1. The Labute approximate surface area is 110 Å². The molecular weight excluding hydrogens is 246 g/mol. The zero-order valence-electron chi connectivity index (χ0n) is 10.6. The molecule has 0 aliphatic rings. The Morgan fingerprint density at radius 2 is 2.32 bits per heavy atom. The molecule has 0 amide bonds. The van der Waals surface area contributed by atoms with Crippen molar-refractivity contribution in [2.45, 2.75) is 13.0 Å². The molecule has 0 aliphatic heterocycles. The molecule has 0 bridgehead atoms. The van der Waals surface area contributed by atoms with Crippen molar-refractivity contribution < 1.29 is 9.53 Å². The molecule has 0 aromatic carbocycles. The van der Waals surface area contributed by atoms with Gasteiger partial charge < -0.3 is 14.6 Å². The topological polar surface area (TPSA) is 81.9 Å². The first-order valence-electron chi connectivity index (χ1n) is 5.89. The van der Waals surface area contributed by atoms with E-state index >= 15 is 0 Å². The second kappa shape index (κ2) is 6.48. The fraction of sp³-hybridized carbons (Fsp3) is 0.333. The van der Waals surface area contributed by atoms with E-state index in [0.717, 1.165) is 19.5 Å². The van der Waals surface area contributed by atoms with Gasteiger partial charge in [-0.15, -0.1) is 0 Å². The smallest absolute Gasteiger partial charge is 0.358 e. The first-order valence-corrected chi connectivity index (χ1v) is 5.89. The molecule has 100 valence electrons. The number of nitrogens with zero attached hydrogens (tertiary/aromatic N) is 4. The number of aryl methyl sites for hydroxylation is 1. The molecule has 2 aromatic heterocycles. The zero-order chi connectivity index (χ0) is 13.5. The molecule has 7 nitrogen and oxygen atoms in total. The predicted octanol–water partition coefficient (Wildman–Crippen LogP) is 0.962. The van der Waals surface area contributed by atoms with Crippen molar-refractivity contribution in [2.24, 2.45) is 0 Å². The number of hydrogen-bond donors (Lipinski definition) is 1. The van der Waals surface area contributed by atoms with Gasteiger partial charge in [0.05, 0.1) is 25.8 Å². The van der Waals surface area contributed by atoms with Crippen molar-refractivity contribution in [3.63, 3.8) is 0 Å². The number of ether oxygens (including phenoxy) is 1. The fourth-order valence-electron chi connectivity index (χ4n) is 1.53. The average Bonchev–Trinajstić information content (AvgIpc) is 2.96. The van der Waals surface area contributed by atoms with Crippen LogP contribution in [0.1, 0.15) is 16.9 Å². The summed E-state index contributed by atoms with van der Waals surface area (Å²) in [5.74, 6) is 0.150. The molecule has 2 heterocycles. The number of hydrogen-bond acceptors (Lipinski definition) is 6. The van der Waals surface area contributed by atoms with E-state index in [4.69, 9.17) is 0 Å². The van der Waals surface area contributed by atoms with E-state index in [1.165, 1.54) is 19.5 Å². The Balaban J connectivity index is 1.75. The summed E-state index contributed by atoms with van der Waals surface area (Å²) in [7, 11) is 1.31. The number of imidazole rings is 1. The van der Waals surface area contributed by atoms with Gasteiger partial charge in [-0.3, -0.25) is 0 Å². The van der Waals surface area contributed by atoms with Gasteiger partial charge in [0.15, 0.2) is 5.69 Å². The highest BCUT2D eigenvalue weighted by Gasteiger charge is 2.06. The number of aromatic nitrogens is 4. The molecule has 0 saturated carbocycles. The van der Waals surface area contributed by atoms with Crippen molar-refractivity contribution in [3.8, 4) is 0 Å². The number of carbonyl (C=O) groups excluding carboxylic acids is 1. The maximum Gasteiger partial charge on any atom is 0.358 e. The molecule has 0 fully saturated rings. The van der Waals surface area contributed by atoms with Crippen molar-refractivity contribution >= 4 is 11.8 Å². The standard InChI is InChI=1S/C12H15N5O2/c1-19-12(18)10-7-16-11(8-15-10)14-3-2-5-17-6-4-13-9-17/h4,6-9H,2-3,5H2,1H3,(H,14,16). The predicted molar refractivity (Wildman–Crippen MR) is 68.7 cm³/mol. The van der Waals surface area contributed by atoms with Gasteiger partial charge in [-0.1, -0.05) is 0 Å². The maximum absolute atomic E-state index is 11.2. The normalized spacial score (nSPS) is 10.2. The summed E-state index contributed by atoms with van der Waals surface area (Å²) in [6.45, 7) is 1.66. The van der Waals surface area contributed by atoms with E-state index in [1.54, 1.807) is 12.5 Å². The molecule has 2 aromatic rings. The van der Waals surface area contributed by atoms with Crippen LogP contribution in [0.25, 0.3) is 0 Å². The lowest BCUT2D eigenvalue weighted by atomic mass is 10.4. The Kier molecular flexibility index (Phi) is 4.44. The van der Waals surface area contributed by atoms with Gasteiger partial charge in [0, 0.05) is 25.5 Å². The molecule has 7 heteroatoms. The van der Waals surface area contributed by atoms with Crippen LogP contribution in [0.4, 0.5) is 5.82 Å². The first kappa shape index (κ1) is 13.0. The zero-order valence-corrected chi connectivity index (χ0v) is 10.6. The van der Waals surface area contributed by atoms with Gasteiger partial charge in [-0.05, 0) is 6.42 Å². The highest BCUT2D eigenvalue weighted by atomic mass is 16.5. The van der Waals surface area contributed by atoms with Crippen LogP contribution in [0.3, 0.4) is 0 Å². The number of esters is 1. The van der Waals surface area contributed by atoms with Gasteiger partial charge in [0.2, 0.25) is 0 Å². The van der Waals surface area contributed by atoms with Crippen LogP contribution in [0.15, 0.2) is 31.1 Å². The van der Waals surface area contributed by atoms with Crippen LogP contribution >= 0.6 is 0 Å². The Bertz CT molecular complexity index is 509. The van der Waals surface area contributed by atoms with Gasteiger partial charge in [0.25, 0.3) is 0 Å². The van der Waals surface area contributed by atoms with Crippen molar-refractivity contribution in [3.05, 3.63) is 36.8 Å². The molecule has 1 N–H and O–H groups in total. The molecule has 19 heavy (non-hydrogen) atoms. The third-order valence-electron chi connectivity index (χ3n) is 2.50. The SMILES string of the molecule is COC(=O)c1cnc(NCCCn2ccnc2)cn1. The molecule has 0 radical (unpaired) electrons. The summed E-state index contributed by atoms with van der Waals surface area (Å²) in [4.78, 5) is 23.2. The Morgan fingerprint density at radius 3 is 2.95 bits per heavy atom. The van der Waals surface area contributed by atoms with Crippen LogP contribution < -0.4 is 5.32 Å². The van der Waals surface area contributed by atoms with E-state index < -0.39 is 5.97 Å². The van der Waals surface area contributed by atoms with Crippen LogP contribution in [0.2, 0.25) is 0 Å². The van der Waals surface area contributed by atoms with Crippen LogP contribution in [0.5, 0.6) is 0 Å². The summed E-state index contributed by atoms with van der Waals surface area (Å²) in [6.07, 6.45) is 9.31. The number of carbonyl (C=O) groups is 1. The summed E-state index contributed by atoms with van der Waals surface area (Å²) < 4.78 is 6.55. The molecule has 0 saturated heterocycles.